The molecule has 0 aliphatic rings. The van der Waals surface area contributed by atoms with Crippen LogP contribution in [0.2, 0.25) is 20.1 Å². The summed E-state index contributed by atoms with van der Waals surface area (Å²) in [7, 11) is 7.36. The molecule has 0 amide bonds. The number of allylic oxidation sites excluding steroid dienone is 1. The van der Waals surface area contributed by atoms with Crippen LogP contribution in [0.5, 0.6) is 0 Å². The largest absolute Gasteiger partial charge is 1.00 e. The fourth-order valence-corrected chi connectivity index (χ4v) is 13.4. The number of carboxylic acids is 1. The van der Waals surface area contributed by atoms with E-state index in [9.17, 15) is 38.7 Å². The monoisotopic (exact) mass is 1570 g/mol. The molecule has 0 spiro atoms. The van der Waals surface area contributed by atoms with Gasteiger partial charge in [-0.25, -0.2) is 0 Å². The number of alkyl halides is 1. The summed E-state index contributed by atoms with van der Waals surface area (Å²) in [6, 6.07) is 36.6. The molecular formula is C78H86Cl4ILiN6O12. The van der Waals surface area contributed by atoms with E-state index in [1.807, 2.05) is 168 Å². The number of aromatic nitrogens is 4. The first-order valence-electron chi connectivity index (χ1n) is 31.0. The van der Waals surface area contributed by atoms with Crippen molar-refractivity contribution in [1.29, 1.82) is 0 Å². The van der Waals surface area contributed by atoms with Crippen LogP contribution in [0.3, 0.4) is 0 Å². The van der Waals surface area contributed by atoms with Crippen LogP contribution < -0.4 is 50.4 Å². The molecule has 18 nitrogen and oxygen atoms in total. The molecule has 6 N–H and O–H groups in total. The second kappa shape index (κ2) is 37.8. The number of aryl methyl sites for hydroxylation is 4. The van der Waals surface area contributed by atoms with Gasteiger partial charge >= 0.3 is 36.8 Å². The molecule has 0 fully saturated rings. The number of nitrogens with one attached hydrogen (secondary N) is 2. The number of esters is 2. The maximum Gasteiger partial charge on any atom is 1.00 e. The van der Waals surface area contributed by atoms with Crippen LogP contribution in [-0.4, -0.2) is 98.9 Å². The van der Waals surface area contributed by atoms with Crippen LogP contribution in [0.25, 0.3) is 92.8 Å². The summed E-state index contributed by atoms with van der Waals surface area (Å²) >= 11 is 27.3. The van der Waals surface area contributed by atoms with Gasteiger partial charge in [-0.05, 0) is 185 Å². The quantitative estimate of drug-likeness (QED) is 0.0358. The van der Waals surface area contributed by atoms with Gasteiger partial charge in [-0.3, -0.25) is 33.6 Å². The number of halogens is 5. The van der Waals surface area contributed by atoms with E-state index < -0.39 is 5.97 Å². The predicted molar refractivity (Wildman–Crippen MR) is 431 cm³/mol. The third-order valence-electron chi connectivity index (χ3n) is 16.0. The molecule has 0 atom stereocenters. The molecule has 536 valence electrons. The minimum absolute atomic E-state index is 0. The zero-order valence-electron chi connectivity index (χ0n) is 58.1. The molecule has 102 heavy (non-hydrogen) atoms. The van der Waals surface area contributed by atoms with Crippen LogP contribution in [0.1, 0.15) is 88.8 Å². The van der Waals surface area contributed by atoms with Crippen LogP contribution in [0.4, 0.5) is 11.4 Å². The van der Waals surface area contributed by atoms with Gasteiger partial charge in [-0.15, -0.1) is 0 Å². The van der Waals surface area contributed by atoms with Crippen molar-refractivity contribution in [1.82, 2.24) is 19.1 Å². The van der Waals surface area contributed by atoms with Crippen molar-refractivity contribution < 1.29 is 58.8 Å². The maximum atomic E-state index is 13.1. The molecule has 4 aromatic heterocycles. The van der Waals surface area contributed by atoms with E-state index >= 15 is 0 Å². The Morgan fingerprint density at radius 2 is 0.873 bits per heavy atom. The zero-order chi connectivity index (χ0) is 71.2. The van der Waals surface area contributed by atoms with Crippen LogP contribution >= 0.6 is 69.0 Å². The Morgan fingerprint density at radius 3 is 1.25 bits per heavy atom. The van der Waals surface area contributed by atoms with Crippen molar-refractivity contribution in [2.24, 2.45) is 0 Å². The van der Waals surface area contributed by atoms with E-state index in [0.29, 0.717) is 109 Å². The maximum absolute atomic E-state index is 13.1. The smallest absolute Gasteiger partial charge is 0.870 e. The van der Waals surface area contributed by atoms with Gasteiger partial charge < -0.3 is 54.4 Å². The molecular weight excluding hydrogens is 1490 g/mol. The van der Waals surface area contributed by atoms with Crippen LogP contribution in [-0.2, 0) is 36.9 Å². The third kappa shape index (κ3) is 19.0. The van der Waals surface area contributed by atoms with E-state index in [1.54, 1.807) is 71.8 Å². The van der Waals surface area contributed by atoms with Gasteiger partial charge in [0.25, 0.3) is 0 Å². The van der Waals surface area contributed by atoms with E-state index in [0.717, 1.165) is 66.4 Å². The van der Waals surface area contributed by atoms with Gasteiger partial charge in [-0.2, -0.15) is 0 Å². The van der Waals surface area contributed by atoms with Crippen molar-refractivity contribution in [3.8, 4) is 0 Å². The molecule has 0 aliphatic carbocycles. The molecule has 8 aromatic carbocycles. The van der Waals surface area contributed by atoms with E-state index in [1.165, 1.54) is 0 Å². The fourth-order valence-electron chi connectivity index (χ4n) is 11.8. The summed E-state index contributed by atoms with van der Waals surface area (Å²) in [5, 5.41) is 16.5. The van der Waals surface area contributed by atoms with Gasteiger partial charge in [0, 0.05) is 81.9 Å². The van der Waals surface area contributed by atoms with Crippen molar-refractivity contribution in [2.45, 2.75) is 96.2 Å². The number of carbonyl (C=O) groups excluding carboxylic acids is 2. The average molecular weight is 1580 g/mol. The number of hydrogen-bond donors (Lipinski definition) is 3. The van der Waals surface area contributed by atoms with Crippen LogP contribution in [0, 0.1) is 27.7 Å². The molecule has 4 heterocycles. The number of anilines is 2. The van der Waals surface area contributed by atoms with Crippen molar-refractivity contribution in [3.63, 3.8) is 0 Å². The molecule has 12 aromatic rings. The minimum atomic E-state index is -0.979. The van der Waals surface area contributed by atoms with Gasteiger partial charge in [0.1, 0.15) is 13.1 Å². The number of H-pyrrole nitrogens is 2. The van der Waals surface area contributed by atoms with E-state index in [2.05, 4.69) is 35.1 Å². The third-order valence-corrected chi connectivity index (χ3v) is 17.9. The number of aromatic amines is 2. The number of benzene rings is 8. The molecule has 0 radical (unpaired) electrons. The number of pyridine rings is 4. The average Bonchev–Trinajstić information content (AvgIpc) is 0.753. The number of fused-ring (bicyclic) bond motifs is 8. The van der Waals surface area contributed by atoms with Gasteiger partial charge in [0.2, 0.25) is 0 Å². The number of carboxylic acid groups (broad SMARTS) is 1. The van der Waals surface area contributed by atoms with Crippen molar-refractivity contribution in [3.05, 3.63) is 222 Å². The summed E-state index contributed by atoms with van der Waals surface area (Å²) in [4.78, 5) is 95.5. The Labute approximate surface area is 638 Å². The summed E-state index contributed by atoms with van der Waals surface area (Å²) < 4.78 is 13.6. The molecule has 12 rings (SSSR count). The molecule has 0 bridgehead atoms. The number of hydrogen-bond acceptors (Lipinski definition) is 12. The number of rotatable bonds is 11. The Bertz CT molecular complexity index is 5400. The van der Waals surface area contributed by atoms with Gasteiger partial charge in [0.05, 0.1) is 88.2 Å². The first-order valence-corrected chi connectivity index (χ1v) is 34.1. The molecule has 24 heteroatoms. The topological polar surface area (TPSA) is 268 Å². The number of ether oxygens (including phenoxy) is 2. The zero-order valence-corrected chi connectivity index (χ0v) is 63.3. The normalized spacial score (nSPS) is 10.5. The first-order chi connectivity index (χ1) is 45.9. The summed E-state index contributed by atoms with van der Waals surface area (Å²) in [5.74, 6) is -1.22. The first kappa shape index (κ1) is 88.0. The Hall–Kier alpha value is -8.20. The summed E-state index contributed by atoms with van der Waals surface area (Å²) in [5.41, 5.74) is 13.8. The van der Waals surface area contributed by atoms with E-state index in [4.69, 9.17) is 51.1 Å². The minimum Gasteiger partial charge on any atom is -0.870 e. The molecule has 0 unspecified atom stereocenters. The van der Waals surface area contributed by atoms with Crippen molar-refractivity contribution >= 4 is 191 Å². The predicted octanol–water partition coefficient (Wildman–Crippen LogP) is 14.7. The van der Waals surface area contributed by atoms with Crippen LogP contribution in [0.15, 0.2) is 147 Å². The summed E-state index contributed by atoms with van der Waals surface area (Å²) in [6.07, 6.45) is 0. The fraction of sp³-hybridized carbons (Fsp3) is 0.269. The summed E-state index contributed by atoms with van der Waals surface area (Å²) in [6.45, 7) is 22.0. The van der Waals surface area contributed by atoms with E-state index in [-0.39, 0.29) is 97.3 Å². The second-order valence-electron chi connectivity index (χ2n) is 24.1. The Morgan fingerprint density at radius 1 is 0.529 bits per heavy atom. The SMILES string of the molecule is C.C.C=C(C)c1c(Cl)ccc2c(=O)c3ccc(C)cc3[nH]c12.CCOC(=O)CI.CCOC(=O)Cn1c2cc(C)ccc2c(=O)c2ccc(Cl)c(N(C)C)c21.Cc1ccc2c(=O)c3ccc(Cl)c(C(C)C)c3[nH]c2c1.Cc1ccc2c(=O)c3ccc(Cl)c(N(C)C)c3n(CC(=O)O)c2c1.O.[Li+].[OH-]. The number of carbonyl (C=O) groups is 3. The Balaban J connectivity index is 0.000000338. The second-order valence-corrected chi connectivity index (χ2v) is 26.4. The van der Waals surface area contributed by atoms with Crippen molar-refractivity contribution in [2.75, 3.05) is 55.6 Å². The molecule has 0 saturated heterocycles. The van der Waals surface area contributed by atoms with Gasteiger partial charge in [-0.1, -0.05) is 129 Å². The number of aliphatic carboxylic acids is 1. The van der Waals surface area contributed by atoms with Gasteiger partial charge in [0.15, 0.2) is 21.7 Å². The number of nitrogens with zero attached hydrogens (tertiary/aromatic N) is 4. The molecule has 0 aliphatic heterocycles. The standard InChI is InChI=1S/C20H21ClN2O3.C18H17ClN2O3.C17H16ClNO.C17H14ClNO.C4H7IO2.2CH4.Li.2H2O/c1-5-26-17(24)11-23-16-10-12(2)6-7-13(16)20(25)14-8-9-15(21)19(18(14)23)22(3)4;1-10-4-5-11-14(8-10)21(9-15(22)23)16-12(18(11)24)6-7-13(19)17(16)20(2)3;2*1-9(2)15-13(18)7-6-12-16(15)19-14-8-10(3)4-5-11(14)17(12)20;1-2-7-4(6)3-5;;;;;/h6-10H,5,11H2,1-4H3;4-8H,9H2,1-3H3,(H,22,23);4-9H,1-3H3,(H,19,20);4-8H,1H2,2-3H3,(H,19,20);2-3H2,1H3;2*1H4;;2*1H2/q;;;;;;;+1;;/p-1. The molecule has 0 saturated carbocycles. The Kier molecular flexibility index (Phi) is 32.6.